The van der Waals surface area contributed by atoms with Gasteiger partial charge in [0.15, 0.2) is 0 Å². The number of anilines is 2. The number of thiophene rings is 1. The number of ether oxygens (including phenoxy) is 3. The van der Waals surface area contributed by atoms with E-state index < -0.39 is 16.5 Å². The van der Waals surface area contributed by atoms with Crippen molar-refractivity contribution >= 4 is 45.5 Å². The molecule has 0 saturated heterocycles. The predicted molar refractivity (Wildman–Crippen MR) is 100 cm³/mol. The van der Waals surface area contributed by atoms with Crippen LogP contribution in [0.3, 0.4) is 0 Å². The molecule has 2 amide bonds. The largest absolute Gasteiger partial charge is 0.481 e. The van der Waals surface area contributed by atoms with Crippen molar-refractivity contribution in [2.24, 2.45) is 4.36 Å². The van der Waals surface area contributed by atoms with Gasteiger partial charge in [-0.3, -0.25) is 5.32 Å². The highest BCUT2D eigenvalue weighted by atomic mass is 32.2. The first-order valence-electron chi connectivity index (χ1n) is 7.22. The molecular weight excluding hydrogens is 414 g/mol. The Labute approximate surface area is 165 Å². The number of amides is 2. The average molecular weight is 431 g/mol. The molecule has 0 aliphatic rings. The fraction of sp³-hybridized carbons (Fsp3) is 0.286. The van der Waals surface area contributed by atoms with Crippen molar-refractivity contribution in [3.63, 3.8) is 0 Å². The molecule has 0 aromatic carbocycles. The number of carbonyl (C=O) groups excluding carboxylic acids is 2. The van der Waals surface area contributed by atoms with Crippen molar-refractivity contribution in [1.29, 1.82) is 0 Å². The zero-order valence-electron chi connectivity index (χ0n) is 15.2. The van der Waals surface area contributed by atoms with Crippen molar-refractivity contribution in [2.45, 2.75) is 6.92 Å². The normalized spacial score (nSPS) is 9.43. The molecule has 0 spiro atoms. The molecule has 0 atom stereocenters. The third-order valence-electron chi connectivity index (χ3n) is 2.90. The summed E-state index contributed by atoms with van der Waals surface area (Å²) < 4.78 is 37.1. The lowest BCUT2D eigenvalue weighted by molar-refractivity contribution is 0.0602. The molecule has 0 fully saturated rings. The molecule has 0 bridgehead atoms. The van der Waals surface area contributed by atoms with E-state index in [0.29, 0.717) is 11.3 Å². The van der Waals surface area contributed by atoms with Crippen molar-refractivity contribution < 1.29 is 32.2 Å². The van der Waals surface area contributed by atoms with Crippen molar-refractivity contribution in [1.82, 2.24) is 9.97 Å². The fourth-order valence-electron chi connectivity index (χ4n) is 1.59. The van der Waals surface area contributed by atoms with Gasteiger partial charge in [0.1, 0.15) is 0 Å². The van der Waals surface area contributed by atoms with Crippen LogP contribution in [-0.2, 0) is 15.2 Å². The number of aryl methyl sites for hydroxylation is 1. The molecule has 2 aromatic rings. The lowest BCUT2D eigenvalue weighted by Crippen LogP contribution is -2.10. The van der Waals surface area contributed by atoms with Crippen LogP contribution in [0, 0.1) is 6.92 Å². The van der Waals surface area contributed by atoms with Gasteiger partial charge in [-0.05, 0) is 6.92 Å². The molecule has 0 saturated carbocycles. The van der Waals surface area contributed by atoms with Gasteiger partial charge >= 0.3 is 22.5 Å². The van der Waals surface area contributed by atoms with Crippen LogP contribution in [0.5, 0.6) is 11.8 Å². The molecule has 152 valence electrons. The van der Waals surface area contributed by atoms with Crippen molar-refractivity contribution in [3.05, 3.63) is 21.9 Å². The number of rotatable bonds is 4. The second kappa shape index (κ2) is 10.8. The standard InChI is InChI=1S/C7H8N4O5S.C7H9NO2S/c1-15-4-3-5(16-2)9-6(8-4)10-7(12)11-17(13)14;1-4-6(8)5(3-11-4)7(9)10-2/h3H,1-2H3,(H,8,9,10,12);3H,8H2,1-2H3. The summed E-state index contributed by atoms with van der Waals surface area (Å²) in [7, 11) is 1.23. The number of aromatic nitrogens is 2. The van der Waals surface area contributed by atoms with Gasteiger partial charge in [0.2, 0.25) is 17.7 Å². The van der Waals surface area contributed by atoms with E-state index in [9.17, 15) is 18.0 Å². The number of hydrogen-bond acceptors (Lipinski definition) is 11. The summed E-state index contributed by atoms with van der Waals surface area (Å²) in [5.41, 5.74) is 6.59. The van der Waals surface area contributed by atoms with E-state index in [4.69, 9.17) is 15.2 Å². The number of urea groups is 1. The highest BCUT2D eigenvalue weighted by Gasteiger charge is 2.12. The van der Waals surface area contributed by atoms with Gasteiger partial charge in [-0.25, -0.2) is 9.59 Å². The van der Waals surface area contributed by atoms with Crippen molar-refractivity contribution in [3.8, 4) is 11.8 Å². The number of esters is 1. The van der Waals surface area contributed by atoms with Gasteiger partial charge in [-0.1, -0.05) is 4.36 Å². The average Bonchev–Trinajstić information content (AvgIpc) is 2.99. The Balaban J connectivity index is 0.000000307. The van der Waals surface area contributed by atoms with E-state index in [2.05, 4.69) is 19.1 Å². The quantitative estimate of drug-likeness (QED) is 0.676. The van der Waals surface area contributed by atoms with Gasteiger partial charge < -0.3 is 19.9 Å². The minimum Gasteiger partial charge on any atom is -0.481 e. The van der Waals surface area contributed by atoms with E-state index in [-0.39, 0.29) is 23.7 Å². The molecule has 28 heavy (non-hydrogen) atoms. The summed E-state index contributed by atoms with van der Waals surface area (Å²) in [6.07, 6.45) is 0. The van der Waals surface area contributed by atoms with Gasteiger partial charge in [-0.15, -0.1) is 11.3 Å². The molecule has 0 unspecified atom stereocenters. The molecule has 0 aliphatic carbocycles. The minimum absolute atomic E-state index is 0.149. The summed E-state index contributed by atoms with van der Waals surface area (Å²) in [4.78, 5) is 30.4. The maximum atomic E-state index is 11.0. The molecule has 2 heterocycles. The van der Waals surface area contributed by atoms with E-state index >= 15 is 0 Å². The highest BCUT2D eigenvalue weighted by molar-refractivity contribution is 7.62. The number of hydrogen-bond donors (Lipinski definition) is 2. The molecule has 3 N–H and O–H groups in total. The summed E-state index contributed by atoms with van der Waals surface area (Å²) in [6.45, 7) is 1.87. The van der Waals surface area contributed by atoms with E-state index in [1.165, 1.54) is 38.7 Å². The minimum atomic E-state index is -2.84. The SMILES string of the molecule is COC(=O)c1csc(C)c1N.COc1cc(OC)nc(NC(=O)N=S(=O)=O)n1. The van der Waals surface area contributed by atoms with E-state index in [1.54, 1.807) is 5.38 Å². The van der Waals surface area contributed by atoms with Crippen LogP contribution >= 0.6 is 11.3 Å². The Bertz CT molecular complexity index is 958. The van der Waals surface area contributed by atoms with Gasteiger partial charge in [0.05, 0.1) is 38.6 Å². The van der Waals surface area contributed by atoms with Crippen LogP contribution in [0.2, 0.25) is 0 Å². The summed E-state index contributed by atoms with van der Waals surface area (Å²) in [6, 6.07) is 0.270. The molecule has 2 rings (SSSR count). The second-order valence-corrected chi connectivity index (χ2v) is 6.33. The third-order valence-corrected chi connectivity index (χ3v) is 4.14. The Morgan fingerprint density at radius 3 is 2.14 bits per heavy atom. The number of nitrogens with two attached hydrogens (primary N) is 1. The molecule has 0 aliphatic heterocycles. The Morgan fingerprint density at radius 1 is 1.18 bits per heavy atom. The Kier molecular flexibility index (Phi) is 8.77. The van der Waals surface area contributed by atoms with Gasteiger partial charge in [0, 0.05) is 10.3 Å². The van der Waals surface area contributed by atoms with Crippen LogP contribution < -0.4 is 20.5 Å². The highest BCUT2D eigenvalue weighted by Crippen LogP contribution is 2.24. The summed E-state index contributed by atoms with van der Waals surface area (Å²) in [5, 5.41) is 3.75. The smallest absolute Gasteiger partial charge is 0.362 e. The first kappa shape index (κ1) is 22.8. The van der Waals surface area contributed by atoms with Gasteiger partial charge in [0.25, 0.3) is 0 Å². The molecule has 0 radical (unpaired) electrons. The third kappa shape index (κ3) is 6.81. The maximum absolute atomic E-state index is 11.0. The molecule has 2 aromatic heterocycles. The molecule has 12 nitrogen and oxygen atoms in total. The zero-order valence-corrected chi connectivity index (χ0v) is 16.9. The van der Waals surface area contributed by atoms with E-state index in [0.717, 1.165) is 4.88 Å². The summed E-state index contributed by atoms with van der Waals surface area (Å²) >= 11 is 1.45. The van der Waals surface area contributed by atoms with E-state index in [1.807, 2.05) is 12.2 Å². The number of nitrogen functional groups attached to an aromatic ring is 1. The van der Waals surface area contributed by atoms with Crippen LogP contribution in [-0.4, -0.2) is 51.7 Å². The summed E-state index contributed by atoms with van der Waals surface area (Å²) in [5.74, 6) is -0.252. The number of nitrogens with one attached hydrogen (secondary N) is 1. The number of carbonyl (C=O) groups is 2. The van der Waals surface area contributed by atoms with Crippen LogP contribution in [0.15, 0.2) is 15.8 Å². The Morgan fingerprint density at radius 2 is 1.75 bits per heavy atom. The monoisotopic (exact) mass is 431 g/mol. The molecule has 14 heteroatoms. The fourth-order valence-corrected chi connectivity index (χ4v) is 2.52. The lowest BCUT2D eigenvalue weighted by Gasteiger charge is -2.05. The Hall–Kier alpha value is -3.26. The predicted octanol–water partition coefficient (Wildman–Crippen LogP) is 1.51. The number of nitrogens with zero attached hydrogens (tertiary/aromatic N) is 3. The molecular formula is C14H17N5O7S2. The topological polar surface area (TPSA) is 172 Å². The number of methoxy groups -OCH3 is 3. The van der Waals surface area contributed by atoms with Crippen LogP contribution in [0.4, 0.5) is 16.4 Å². The lowest BCUT2D eigenvalue weighted by atomic mass is 10.2. The zero-order chi connectivity index (χ0) is 21.3. The maximum Gasteiger partial charge on any atom is 0.362 e. The van der Waals surface area contributed by atoms with Crippen molar-refractivity contribution in [2.75, 3.05) is 32.4 Å². The first-order chi connectivity index (χ1) is 13.2. The van der Waals surface area contributed by atoms with Crippen LogP contribution in [0.25, 0.3) is 0 Å². The second-order valence-electron chi connectivity index (χ2n) is 4.63. The van der Waals surface area contributed by atoms with Gasteiger partial charge in [-0.2, -0.15) is 18.4 Å². The first-order valence-corrected chi connectivity index (χ1v) is 9.14. The van der Waals surface area contributed by atoms with Crippen LogP contribution in [0.1, 0.15) is 15.2 Å².